The zero-order valence-corrected chi connectivity index (χ0v) is 53.8. The number of carbonyl (C=O) groups excluding carboxylic acids is 2. The SMILES string of the molecule is CCCCC/C=C\C/C=C\C/C=C\C/C=C\CCCCCC(=O)OC(/C=C/CCCCCCCCCCCCC)C(COP(=O)(O)OCC[N+](C)(C)C)NC(=O)CCCCCCCCCCCCCCCCCCCCCCC. The van der Waals surface area contributed by atoms with Crippen LogP contribution in [0.5, 0.6) is 0 Å². The molecule has 0 aromatic heterocycles. The summed E-state index contributed by atoms with van der Waals surface area (Å²) in [7, 11) is 1.49. The molecule has 9 nitrogen and oxygen atoms in total. The van der Waals surface area contributed by atoms with Crippen molar-refractivity contribution < 1.29 is 37.3 Å². The van der Waals surface area contributed by atoms with E-state index in [2.05, 4.69) is 74.7 Å². The van der Waals surface area contributed by atoms with Crippen molar-refractivity contribution in [3.8, 4) is 0 Å². The fourth-order valence-electron chi connectivity index (χ4n) is 9.75. The fourth-order valence-corrected chi connectivity index (χ4v) is 10.5. The minimum Gasteiger partial charge on any atom is -0.456 e. The molecular weight excluding hydrogens is 1000 g/mol. The van der Waals surface area contributed by atoms with Crippen molar-refractivity contribution in [3.63, 3.8) is 0 Å². The third kappa shape index (κ3) is 60.1. The van der Waals surface area contributed by atoms with Crippen LogP contribution in [0.2, 0.25) is 0 Å². The Kier molecular flexibility index (Phi) is 57.2. The number of allylic oxidation sites excluding steroid dienone is 9. The monoisotopic (exact) mass is 1130 g/mol. The van der Waals surface area contributed by atoms with Crippen molar-refractivity contribution in [2.45, 2.75) is 328 Å². The third-order valence-corrected chi connectivity index (χ3v) is 15.9. The van der Waals surface area contributed by atoms with Gasteiger partial charge in [-0.2, -0.15) is 0 Å². The van der Waals surface area contributed by atoms with Gasteiger partial charge in [0, 0.05) is 12.8 Å². The zero-order valence-electron chi connectivity index (χ0n) is 52.9. The second-order valence-electron chi connectivity index (χ2n) is 24.0. The van der Waals surface area contributed by atoms with E-state index in [1.807, 2.05) is 33.3 Å². The molecule has 0 saturated heterocycles. The van der Waals surface area contributed by atoms with Crippen LogP contribution in [0.4, 0.5) is 0 Å². The number of phosphoric acid groups is 1. The van der Waals surface area contributed by atoms with Crippen molar-refractivity contribution in [2.24, 2.45) is 0 Å². The highest BCUT2D eigenvalue weighted by molar-refractivity contribution is 7.47. The molecule has 0 aliphatic rings. The van der Waals surface area contributed by atoms with Gasteiger partial charge in [0.1, 0.15) is 19.3 Å². The fraction of sp³-hybridized carbons (Fsp3) is 0.826. The molecular formula is C69H130N2O7P+. The van der Waals surface area contributed by atoms with Gasteiger partial charge < -0.3 is 19.4 Å². The van der Waals surface area contributed by atoms with Crippen LogP contribution in [0, 0.1) is 0 Å². The lowest BCUT2D eigenvalue weighted by Crippen LogP contribution is -2.47. The smallest absolute Gasteiger partial charge is 0.456 e. The van der Waals surface area contributed by atoms with Gasteiger partial charge in [0.2, 0.25) is 5.91 Å². The van der Waals surface area contributed by atoms with Gasteiger partial charge in [0.15, 0.2) is 0 Å². The number of nitrogens with zero attached hydrogens (tertiary/aromatic N) is 1. The maximum absolute atomic E-state index is 13.6. The summed E-state index contributed by atoms with van der Waals surface area (Å²) in [6.07, 6.45) is 75.1. The number of ether oxygens (including phenoxy) is 1. The number of amides is 1. The van der Waals surface area contributed by atoms with Crippen molar-refractivity contribution in [2.75, 3.05) is 40.9 Å². The molecule has 79 heavy (non-hydrogen) atoms. The summed E-state index contributed by atoms with van der Waals surface area (Å²) in [5.41, 5.74) is 0. The first-order valence-corrected chi connectivity index (χ1v) is 35.1. The maximum Gasteiger partial charge on any atom is 0.472 e. The number of nitrogens with one attached hydrogen (secondary N) is 1. The highest BCUT2D eigenvalue weighted by Crippen LogP contribution is 2.43. The Labute approximate surface area is 490 Å². The number of carbonyl (C=O) groups is 2. The van der Waals surface area contributed by atoms with Gasteiger partial charge in [-0.25, -0.2) is 4.57 Å². The van der Waals surface area contributed by atoms with Crippen LogP contribution in [0.15, 0.2) is 60.8 Å². The van der Waals surface area contributed by atoms with Crippen molar-refractivity contribution in [3.05, 3.63) is 60.8 Å². The summed E-state index contributed by atoms with van der Waals surface area (Å²) in [6.45, 7) is 7.00. The van der Waals surface area contributed by atoms with Crippen molar-refractivity contribution in [1.82, 2.24) is 5.32 Å². The van der Waals surface area contributed by atoms with E-state index in [-0.39, 0.29) is 31.5 Å². The van der Waals surface area contributed by atoms with Crippen LogP contribution in [0.3, 0.4) is 0 Å². The Bertz CT molecular complexity index is 1540. The van der Waals surface area contributed by atoms with Gasteiger partial charge in [-0.15, -0.1) is 0 Å². The van der Waals surface area contributed by atoms with Crippen LogP contribution in [-0.2, 0) is 27.9 Å². The molecule has 0 radical (unpaired) electrons. The predicted octanol–water partition coefficient (Wildman–Crippen LogP) is 21.0. The molecule has 0 rings (SSSR count). The Morgan fingerprint density at radius 1 is 0.443 bits per heavy atom. The Morgan fingerprint density at radius 3 is 1.19 bits per heavy atom. The van der Waals surface area contributed by atoms with Crippen LogP contribution in [0.1, 0.15) is 316 Å². The van der Waals surface area contributed by atoms with Crippen LogP contribution >= 0.6 is 7.82 Å². The number of phosphoric ester groups is 1. The number of likely N-dealkylation sites (N-methyl/N-ethyl adjacent to an activating group) is 1. The topological polar surface area (TPSA) is 111 Å². The van der Waals surface area contributed by atoms with Crippen LogP contribution < -0.4 is 5.32 Å². The van der Waals surface area contributed by atoms with Crippen molar-refractivity contribution >= 4 is 19.7 Å². The minimum absolute atomic E-state index is 0.0352. The molecule has 2 N–H and O–H groups in total. The van der Waals surface area contributed by atoms with E-state index in [9.17, 15) is 19.0 Å². The summed E-state index contributed by atoms with van der Waals surface area (Å²) >= 11 is 0. The maximum atomic E-state index is 13.6. The van der Waals surface area contributed by atoms with Crippen molar-refractivity contribution in [1.29, 1.82) is 0 Å². The molecule has 0 saturated carbocycles. The quantitative estimate of drug-likeness (QED) is 0.0205. The van der Waals surface area contributed by atoms with Crippen LogP contribution in [-0.4, -0.2) is 74.3 Å². The average molecular weight is 1130 g/mol. The number of hydrogen-bond acceptors (Lipinski definition) is 6. The second kappa shape index (κ2) is 58.9. The minimum atomic E-state index is -4.46. The van der Waals surface area contributed by atoms with E-state index in [1.165, 1.54) is 199 Å². The number of rotatable bonds is 61. The molecule has 0 aromatic rings. The first kappa shape index (κ1) is 76.7. The van der Waals surface area contributed by atoms with E-state index >= 15 is 0 Å². The highest BCUT2D eigenvalue weighted by atomic mass is 31.2. The summed E-state index contributed by atoms with van der Waals surface area (Å²) < 4.78 is 30.8. The normalized spacial score (nSPS) is 14.0. The third-order valence-electron chi connectivity index (χ3n) is 15.0. The van der Waals surface area contributed by atoms with E-state index in [4.69, 9.17) is 13.8 Å². The molecule has 3 unspecified atom stereocenters. The van der Waals surface area contributed by atoms with Gasteiger partial charge in [-0.1, -0.05) is 287 Å². The molecule has 0 aliphatic heterocycles. The number of esters is 1. The van der Waals surface area contributed by atoms with Gasteiger partial charge in [0.25, 0.3) is 0 Å². The summed E-state index contributed by atoms with van der Waals surface area (Å²) in [5.74, 6) is -0.529. The molecule has 0 spiro atoms. The summed E-state index contributed by atoms with van der Waals surface area (Å²) in [5, 5.41) is 3.06. The zero-order chi connectivity index (χ0) is 57.9. The lowest BCUT2D eigenvalue weighted by molar-refractivity contribution is -0.870. The summed E-state index contributed by atoms with van der Waals surface area (Å²) in [4.78, 5) is 37.8. The van der Waals surface area contributed by atoms with Gasteiger partial charge in [0.05, 0.1) is 33.8 Å². The van der Waals surface area contributed by atoms with Gasteiger partial charge in [-0.05, 0) is 76.7 Å². The largest absolute Gasteiger partial charge is 0.472 e. The highest BCUT2D eigenvalue weighted by Gasteiger charge is 2.30. The Morgan fingerprint density at radius 2 is 0.772 bits per heavy atom. The van der Waals surface area contributed by atoms with Gasteiger partial charge >= 0.3 is 13.8 Å². The van der Waals surface area contributed by atoms with E-state index in [0.29, 0.717) is 23.9 Å². The molecule has 0 aliphatic carbocycles. The van der Waals surface area contributed by atoms with E-state index in [0.717, 1.165) is 77.0 Å². The number of quaternary nitrogens is 1. The average Bonchev–Trinajstić information content (AvgIpc) is 3.41. The van der Waals surface area contributed by atoms with E-state index < -0.39 is 20.0 Å². The summed E-state index contributed by atoms with van der Waals surface area (Å²) in [6, 6.07) is -0.861. The Hall–Kier alpha value is -2.29. The molecule has 0 aromatic carbocycles. The number of hydrogen-bond donors (Lipinski definition) is 2. The Balaban J connectivity index is 5.23. The predicted molar refractivity (Wildman–Crippen MR) is 342 cm³/mol. The molecule has 0 bridgehead atoms. The van der Waals surface area contributed by atoms with E-state index in [1.54, 1.807) is 0 Å². The lowest BCUT2D eigenvalue weighted by Gasteiger charge is -2.27. The first-order chi connectivity index (χ1) is 38.4. The molecule has 10 heteroatoms. The molecule has 0 heterocycles. The lowest BCUT2D eigenvalue weighted by atomic mass is 10.0. The molecule has 462 valence electrons. The molecule has 3 atom stereocenters. The molecule has 0 fully saturated rings. The standard InChI is InChI=1S/C69H129N2O7P/c1-7-10-13-16-19-22-25-28-30-32-34-35-37-38-40-43-46-49-52-55-58-61-68(72)70-66(65-77-79(74,75)76-64-63-71(4,5)6)67(60-57-54-51-48-45-42-27-24-21-18-15-12-9-3)78-69(73)62-59-56-53-50-47-44-41-39-36-33-31-29-26-23-20-17-14-11-8-2/h20,23,29,31,36,39,44,47,57,60,66-67H,7-19,21-22,24-28,30,32-35,37-38,40-43,45-46,48-56,58-59,61-65H2,1-6H3,(H-,70,72,74,75)/p+1/b23-20-,31-29-,39-36-,47-44-,60-57+. The molecule has 1 amide bonds. The van der Waals surface area contributed by atoms with Gasteiger partial charge in [-0.3, -0.25) is 18.6 Å². The first-order valence-electron chi connectivity index (χ1n) is 33.6. The number of unbranched alkanes of at least 4 members (excludes halogenated alkanes) is 37. The second-order valence-corrected chi connectivity index (χ2v) is 25.5. The van der Waals surface area contributed by atoms with Crippen LogP contribution in [0.25, 0.3) is 0 Å².